The minimum Gasteiger partial charge on any atom is -0.337 e. The van der Waals surface area contributed by atoms with Crippen LogP contribution in [0, 0.1) is 15.3 Å². The number of hydrogen-bond donors (Lipinski definition) is 1. The summed E-state index contributed by atoms with van der Waals surface area (Å²) in [6.45, 7) is 2.03. The standard InChI is InChI=1S/C10H9IN2S/c1-7-6-12-10(14)13(7)9-4-2-3-8(11)5-9/h2-6H,1H3,(H,12,14). The molecule has 0 aliphatic rings. The van der Waals surface area contributed by atoms with E-state index in [1.807, 2.05) is 23.8 Å². The Balaban J connectivity index is 2.66. The van der Waals surface area contributed by atoms with Gasteiger partial charge >= 0.3 is 0 Å². The highest BCUT2D eigenvalue weighted by Gasteiger charge is 2.01. The third kappa shape index (κ3) is 1.76. The van der Waals surface area contributed by atoms with E-state index in [4.69, 9.17) is 12.2 Å². The van der Waals surface area contributed by atoms with Gasteiger partial charge in [-0.15, -0.1) is 0 Å². The van der Waals surface area contributed by atoms with Crippen LogP contribution in [0.15, 0.2) is 30.5 Å². The van der Waals surface area contributed by atoms with Crippen LogP contribution in [0.4, 0.5) is 0 Å². The first-order chi connectivity index (χ1) is 6.68. The predicted octanol–water partition coefficient (Wildman–Crippen LogP) is 3.45. The van der Waals surface area contributed by atoms with Gasteiger partial charge in [0.25, 0.3) is 0 Å². The molecule has 1 aromatic heterocycles. The van der Waals surface area contributed by atoms with Crippen LogP contribution in [0.1, 0.15) is 5.69 Å². The van der Waals surface area contributed by atoms with Gasteiger partial charge in [0.05, 0.1) is 0 Å². The highest BCUT2D eigenvalue weighted by molar-refractivity contribution is 14.1. The molecule has 2 nitrogen and oxygen atoms in total. The molecule has 0 aliphatic carbocycles. The van der Waals surface area contributed by atoms with Crippen molar-refractivity contribution in [2.45, 2.75) is 6.92 Å². The first-order valence-electron chi connectivity index (χ1n) is 4.21. The zero-order chi connectivity index (χ0) is 10.1. The second-order valence-electron chi connectivity index (χ2n) is 3.05. The van der Waals surface area contributed by atoms with Crippen LogP contribution in [0.3, 0.4) is 0 Å². The fraction of sp³-hybridized carbons (Fsp3) is 0.100. The number of hydrogen-bond acceptors (Lipinski definition) is 1. The molecule has 0 saturated heterocycles. The van der Waals surface area contributed by atoms with Crippen molar-refractivity contribution in [3.8, 4) is 5.69 Å². The minimum atomic E-state index is 0.740. The Morgan fingerprint density at radius 3 is 2.79 bits per heavy atom. The van der Waals surface area contributed by atoms with Gasteiger partial charge in [-0.2, -0.15) is 0 Å². The molecule has 2 aromatic rings. The number of nitrogens with zero attached hydrogens (tertiary/aromatic N) is 1. The van der Waals surface area contributed by atoms with Crippen molar-refractivity contribution in [2.75, 3.05) is 0 Å². The predicted molar refractivity (Wildman–Crippen MR) is 68.4 cm³/mol. The maximum absolute atomic E-state index is 5.20. The lowest BCUT2D eigenvalue weighted by Crippen LogP contribution is -1.96. The molecule has 0 amide bonds. The molecule has 0 aliphatic heterocycles. The SMILES string of the molecule is Cc1c[nH]c(=S)n1-c1cccc(I)c1. The number of nitrogens with one attached hydrogen (secondary N) is 1. The molecule has 0 saturated carbocycles. The summed E-state index contributed by atoms with van der Waals surface area (Å²) in [5.41, 5.74) is 2.23. The number of aromatic nitrogens is 2. The average molecular weight is 316 g/mol. The van der Waals surface area contributed by atoms with Crippen LogP contribution < -0.4 is 0 Å². The van der Waals surface area contributed by atoms with E-state index in [1.54, 1.807) is 0 Å². The molecular formula is C10H9IN2S. The molecule has 0 spiro atoms. The van der Waals surface area contributed by atoms with Crippen molar-refractivity contribution in [3.05, 3.63) is 44.5 Å². The molecule has 0 unspecified atom stereocenters. The van der Waals surface area contributed by atoms with Gasteiger partial charge in [-0.3, -0.25) is 4.57 Å². The summed E-state index contributed by atoms with van der Waals surface area (Å²) >= 11 is 7.50. The fourth-order valence-electron chi connectivity index (χ4n) is 1.39. The summed E-state index contributed by atoms with van der Waals surface area (Å²) in [6.07, 6.45) is 1.92. The van der Waals surface area contributed by atoms with Crippen molar-refractivity contribution >= 4 is 34.8 Å². The molecule has 0 bridgehead atoms. The van der Waals surface area contributed by atoms with Crippen LogP contribution in [0.2, 0.25) is 0 Å². The molecule has 0 fully saturated rings. The van der Waals surface area contributed by atoms with Crippen molar-refractivity contribution in [1.82, 2.24) is 9.55 Å². The summed E-state index contributed by atoms with van der Waals surface area (Å²) in [6, 6.07) is 8.26. The Morgan fingerprint density at radius 2 is 2.21 bits per heavy atom. The zero-order valence-electron chi connectivity index (χ0n) is 7.62. The number of aromatic amines is 1. The third-order valence-corrected chi connectivity index (χ3v) is 3.00. The van der Waals surface area contributed by atoms with Crippen LogP contribution in [0.25, 0.3) is 5.69 Å². The van der Waals surface area contributed by atoms with E-state index in [0.29, 0.717) is 0 Å². The van der Waals surface area contributed by atoms with Gasteiger partial charge in [0.2, 0.25) is 0 Å². The molecule has 4 heteroatoms. The lowest BCUT2D eigenvalue weighted by atomic mass is 10.3. The van der Waals surface area contributed by atoms with E-state index in [0.717, 1.165) is 16.2 Å². The van der Waals surface area contributed by atoms with Crippen LogP contribution in [-0.2, 0) is 0 Å². The monoisotopic (exact) mass is 316 g/mol. The lowest BCUT2D eigenvalue weighted by molar-refractivity contribution is 0.984. The van der Waals surface area contributed by atoms with E-state index in [2.05, 4.69) is 45.8 Å². The molecule has 14 heavy (non-hydrogen) atoms. The van der Waals surface area contributed by atoms with E-state index in [9.17, 15) is 0 Å². The summed E-state index contributed by atoms with van der Waals surface area (Å²) in [4.78, 5) is 3.03. The van der Waals surface area contributed by atoms with E-state index < -0.39 is 0 Å². The number of aryl methyl sites for hydroxylation is 1. The molecule has 72 valence electrons. The minimum absolute atomic E-state index is 0.740. The Hall–Kier alpha value is -0.620. The highest BCUT2D eigenvalue weighted by atomic mass is 127. The number of imidazole rings is 1. The molecular weight excluding hydrogens is 307 g/mol. The Kier molecular flexibility index (Phi) is 2.73. The maximum atomic E-state index is 5.20. The molecule has 1 aromatic carbocycles. The quantitative estimate of drug-likeness (QED) is 0.631. The molecule has 2 rings (SSSR count). The van der Waals surface area contributed by atoms with Crippen LogP contribution in [0.5, 0.6) is 0 Å². The zero-order valence-corrected chi connectivity index (χ0v) is 10.6. The van der Waals surface area contributed by atoms with Gasteiger partial charge in [-0.05, 0) is 59.9 Å². The second-order valence-corrected chi connectivity index (χ2v) is 4.68. The summed E-state index contributed by atoms with van der Waals surface area (Å²) in [5.74, 6) is 0. The van der Waals surface area contributed by atoms with E-state index in [1.165, 1.54) is 3.57 Å². The Labute approximate surface area is 101 Å². The van der Waals surface area contributed by atoms with Gasteiger partial charge in [0.1, 0.15) is 0 Å². The van der Waals surface area contributed by atoms with Crippen molar-refractivity contribution < 1.29 is 0 Å². The van der Waals surface area contributed by atoms with Crippen LogP contribution >= 0.6 is 34.8 Å². The lowest BCUT2D eigenvalue weighted by Gasteiger charge is -2.05. The maximum Gasteiger partial charge on any atom is 0.182 e. The van der Waals surface area contributed by atoms with Crippen molar-refractivity contribution in [2.24, 2.45) is 0 Å². The largest absolute Gasteiger partial charge is 0.337 e. The first kappa shape index (κ1) is 9.92. The third-order valence-electron chi connectivity index (χ3n) is 2.03. The summed E-state index contributed by atoms with van der Waals surface area (Å²) < 4.78 is 3.98. The number of halogens is 1. The number of H-pyrrole nitrogens is 1. The Bertz CT molecular complexity index is 513. The van der Waals surface area contributed by atoms with Gasteiger partial charge in [-0.25, -0.2) is 0 Å². The van der Waals surface area contributed by atoms with Crippen molar-refractivity contribution in [1.29, 1.82) is 0 Å². The smallest absolute Gasteiger partial charge is 0.182 e. The molecule has 0 radical (unpaired) electrons. The van der Waals surface area contributed by atoms with Gasteiger partial charge in [0, 0.05) is 21.1 Å². The average Bonchev–Trinajstić information content (AvgIpc) is 2.46. The Morgan fingerprint density at radius 1 is 1.43 bits per heavy atom. The summed E-state index contributed by atoms with van der Waals surface area (Å²) in [5, 5.41) is 0. The van der Waals surface area contributed by atoms with Gasteiger partial charge in [0.15, 0.2) is 4.77 Å². The van der Waals surface area contributed by atoms with E-state index >= 15 is 0 Å². The van der Waals surface area contributed by atoms with E-state index in [-0.39, 0.29) is 0 Å². The number of benzene rings is 1. The second kappa shape index (κ2) is 3.86. The highest BCUT2D eigenvalue weighted by Crippen LogP contribution is 2.14. The summed E-state index contributed by atoms with van der Waals surface area (Å²) in [7, 11) is 0. The van der Waals surface area contributed by atoms with Gasteiger partial charge in [-0.1, -0.05) is 6.07 Å². The topological polar surface area (TPSA) is 20.7 Å². The molecule has 0 atom stereocenters. The normalized spacial score (nSPS) is 10.4. The van der Waals surface area contributed by atoms with Crippen LogP contribution in [-0.4, -0.2) is 9.55 Å². The van der Waals surface area contributed by atoms with Crippen molar-refractivity contribution in [3.63, 3.8) is 0 Å². The molecule has 1 heterocycles. The number of rotatable bonds is 1. The van der Waals surface area contributed by atoms with Gasteiger partial charge < -0.3 is 4.98 Å². The molecule has 1 N–H and O–H groups in total. The fourth-order valence-corrected chi connectivity index (χ4v) is 2.23. The first-order valence-corrected chi connectivity index (χ1v) is 5.70.